The highest BCUT2D eigenvalue weighted by Gasteiger charge is 2.74. The zero-order valence-electron chi connectivity index (χ0n) is 20.5. The van der Waals surface area contributed by atoms with Gasteiger partial charge in [-0.25, -0.2) is 0 Å². The SMILES string of the molecule is C=CCN(C(=O)C1N([C@@H](CO)Cc2ccccc2)C(=O)[C@@H]2[C@@H](C(=O)O)[C@H]3CCC12S3)C(C)CCC. The van der Waals surface area contributed by atoms with Crippen LogP contribution in [0.2, 0.25) is 0 Å². The number of hydrogen-bond donors (Lipinski definition) is 2. The van der Waals surface area contributed by atoms with Crippen molar-refractivity contribution >= 4 is 29.5 Å². The fourth-order valence-corrected chi connectivity index (χ4v) is 8.73. The summed E-state index contributed by atoms with van der Waals surface area (Å²) in [6.45, 7) is 7.98. The first-order valence-electron chi connectivity index (χ1n) is 12.6. The number of hydrogen-bond acceptors (Lipinski definition) is 5. The molecule has 3 aliphatic heterocycles. The van der Waals surface area contributed by atoms with Gasteiger partial charge in [0, 0.05) is 17.8 Å². The van der Waals surface area contributed by atoms with E-state index in [-0.39, 0.29) is 29.7 Å². The summed E-state index contributed by atoms with van der Waals surface area (Å²) in [6.07, 6.45) is 5.13. The fourth-order valence-electron chi connectivity index (χ4n) is 6.54. The minimum absolute atomic E-state index is 0.0431. The van der Waals surface area contributed by atoms with Gasteiger partial charge in [-0.3, -0.25) is 14.4 Å². The molecule has 8 heteroatoms. The Bertz CT molecular complexity index is 972. The number of carbonyl (C=O) groups excluding carboxylic acids is 2. The highest BCUT2D eigenvalue weighted by molar-refractivity contribution is 8.02. The van der Waals surface area contributed by atoms with E-state index in [9.17, 15) is 24.6 Å². The van der Waals surface area contributed by atoms with Crippen molar-refractivity contribution in [2.75, 3.05) is 13.2 Å². The van der Waals surface area contributed by atoms with Crippen LogP contribution < -0.4 is 0 Å². The second-order valence-electron chi connectivity index (χ2n) is 10.1. The van der Waals surface area contributed by atoms with Gasteiger partial charge in [-0.05, 0) is 38.2 Å². The van der Waals surface area contributed by atoms with Crippen molar-refractivity contribution in [2.24, 2.45) is 11.8 Å². The van der Waals surface area contributed by atoms with Gasteiger partial charge in [0.05, 0.1) is 29.2 Å². The van der Waals surface area contributed by atoms with E-state index in [0.717, 1.165) is 18.4 Å². The fraction of sp³-hybridized carbons (Fsp3) is 0.593. The van der Waals surface area contributed by atoms with Crippen LogP contribution in [0.25, 0.3) is 0 Å². The Hall–Kier alpha value is -2.32. The van der Waals surface area contributed by atoms with Gasteiger partial charge in [0.25, 0.3) is 0 Å². The molecule has 1 spiro atoms. The molecule has 0 aromatic heterocycles. The lowest BCUT2D eigenvalue weighted by Gasteiger charge is -2.41. The van der Waals surface area contributed by atoms with Gasteiger partial charge in [-0.2, -0.15) is 0 Å². The first-order valence-corrected chi connectivity index (χ1v) is 13.5. The van der Waals surface area contributed by atoms with Crippen molar-refractivity contribution in [2.45, 2.75) is 74.1 Å². The standard InChI is InChI=1S/C27H36N2O5S/c1-4-9-17(3)28(14-5-2)25(32)23-27-13-12-20(35-27)21(26(33)34)22(27)24(31)29(23)19(16-30)15-18-10-7-6-8-11-18/h5-8,10-11,17,19-23,30H,2,4,9,12-16H2,1,3H3,(H,33,34)/t17?,19-,20-,21+,22+,23?,27?/m1/s1. The molecule has 0 radical (unpaired) electrons. The monoisotopic (exact) mass is 500 g/mol. The number of aliphatic hydroxyl groups excluding tert-OH is 1. The predicted octanol–water partition coefficient (Wildman–Crippen LogP) is 2.97. The molecule has 0 aliphatic carbocycles. The summed E-state index contributed by atoms with van der Waals surface area (Å²) < 4.78 is -0.780. The first-order chi connectivity index (χ1) is 16.8. The molecule has 3 fully saturated rings. The molecule has 1 aromatic rings. The Morgan fingerprint density at radius 2 is 2.06 bits per heavy atom. The Labute approximate surface area is 211 Å². The van der Waals surface area contributed by atoms with E-state index < -0.39 is 34.6 Å². The molecule has 3 heterocycles. The van der Waals surface area contributed by atoms with Gasteiger partial charge < -0.3 is 20.0 Å². The summed E-state index contributed by atoms with van der Waals surface area (Å²) in [5.74, 6) is -3.00. The molecule has 7 atom stereocenters. The molecule has 2 N–H and O–H groups in total. The number of carboxylic acids is 1. The van der Waals surface area contributed by atoms with E-state index in [0.29, 0.717) is 25.8 Å². The zero-order valence-corrected chi connectivity index (χ0v) is 21.3. The lowest BCUT2D eigenvalue weighted by molar-refractivity contribution is -0.150. The van der Waals surface area contributed by atoms with Crippen LogP contribution in [0.5, 0.6) is 0 Å². The molecule has 0 saturated carbocycles. The molecule has 2 amide bonds. The van der Waals surface area contributed by atoms with Gasteiger partial charge in [0.2, 0.25) is 11.8 Å². The van der Waals surface area contributed by atoms with E-state index in [4.69, 9.17) is 0 Å². The average molecular weight is 501 g/mol. The van der Waals surface area contributed by atoms with E-state index in [1.807, 2.05) is 37.3 Å². The lowest BCUT2D eigenvalue weighted by atomic mass is 9.71. The van der Waals surface area contributed by atoms with Gasteiger partial charge in [-0.15, -0.1) is 18.3 Å². The molecular formula is C27H36N2O5S. The maximum absolute atomic E-state index is 14.3. The minimum Gasteiger partial charge on any atom is -0.481 e. The van der Waals surface area contributed by atoms with Gasteiger partial charge in [0.15, 0.2) is 0 Å². The lowest BCUT2D eigenvalue weighted by Crippen LogP contribution is -2.59. The summed E-state index contributed by atoms with van der Waals surface area (Å²) in [6, 6.07) is 8.13. The predicted molar refractivity (Wildman–Crippen MR) is 136 cm³/mol. The number of nitrogens with zero attached hydrogens (tertiary/aromatic N) is 2. The van der Waals surface area contributed by atoms with E-state index in [2.05, 4.69) is 13.5 Å². The molecule has 35 heavy (non-hydrogen) atoms. The second-order valence-corrected chi connectivity index (χ2v) is 11.7. The molecule has 4 rings (SSSR count). The zero-order chi connectivity index (χ0) is 25.3. The third-order valence-corrected chi connectivity index (χ3v) is 9.97. The second kappa shape index (κ2) is 10.3. The highest BCUT2D eigenvalue weighted by Crippen LogP contribution is 2.66. The highest BCUT2D eigenvalue weighted by atomic mass is 32.2. The Morgan fingerprint density at radius 3 is 2.66 bits per heavy atom. The smallest absolute Gasteiger partial charge is 0.308 e. The van der Waals surface area contributed by atoms with Gasteiger partial charge in [0.1, 0.15) is 6.04 Å². The summed E-state index contributed by atoms with van der Waals surface area (Å²) >= 11 is 1.53. The van der Waals surface area contributed by atoms with Crippen molar-refractivity contribution in [3.05, 3.63) is 48.6 Å². The molecule has 3 saturated heterocycles. The number of likely N-dealkylation sites (tertiary alicyclic amines) is 1. The number of thioether (sulfide) groups is 1. The van der Waals surface area contributed by atoms with Crippen LogP contribution in [0.15, 0.2) is 43.0 Å². The van der Waals surface area contributed by atoms with E-state index in [1.54, 1.807) is 15.9 Å². The Morgan fingerprint density at radius 1 is 1.34 bits per heavy atom. The van der Waals surface area contributed by atoms with Gasteiger partial charge >= 0.3 is 5.97 Å². The van der Waals surface area contributed by atoms with Crippen molar-refractivity contribution in [3.8, 4) is 0 Å². The first kappa shape index (κ1) is 25.8. The number of rotatable bonds is 11. The summed E-state index contributed by atoms with van der Waals surface area (Å²) in [5.41, 5.74) is 0.953. The van der Waals surface area contributed by atoms with Crippen LogP contribution >= 0.6 is 11.8 Å². The molecular weight excluding hydrogens is 464 g/mol. The molecule has 3 aliphatic rings. The van der Waals surface area contributed by atoms with Crippen LogP contribution in [-0.4, -0.2) is 79.1 Å². The molecule has 7 nitrogen and oxygen atoms in total. The maximum atomic E-state index is 14.3. The molecule has 1 aromatic carbocycles. The third kappa shape index (κ3) is 4.29. The number of fused-ring (bicyclic) bond motifs is 1. The van der Waals surface area contributed by atoms with Crippen LogP contribution in [0.1, 0.15) is 45.1 Å². The number of amides is 2. The third-order valence-electron chi connectivity index (χ3n) is 8.02. The maximum Gasteiger partial charge on any atom is 0.308 e. The number of carbonyl (C=O) groups is 3. The molecule has 2 bridgehead atoms. The van der Waals surface area contributed by atoms with Crippen molar-refractivity contribution in [1.82, 2.24) is 9.80 Å². The van der Waals surface area contributed by atoms with Gasteiger partial charge in [-0.1, -0.05) is 49.8 Å². The quantitative estimate of drug-likeness (QED) is 0.454. The van der Waals surface area contributed by atoms with Crippen LogP contribution in [0.4, 0.5) is 0 Å². The van der Waals surface area contributed by atoms with Crippen LogP contribution in [0.3, 0.4) is 0 Å². The van der Waals surface area contributed by atoms with Crippen molar-refractivity contribution in [3.63, 3.8) is 0 Å². The van der Waals surface area contributed by atoms with E-state index in [1.165, 1.54) is 11.8 Å². The minimum atomic E-state index is -0.971. The summed E-state index contributed by atoms with van der Waals surface area (Å²) in [7, 11) is 0. The number of aliphatic carboxylic acids is 1. The average Bonchev–Trinajstić information content (AvgIpc) is 3.49. The van der Waals surface area contributed by atoms with Crippen LogP contribution in [-0.2, 0) is 20.8 Å². The van der Waals surface area contributed by atoms with Crippen molar-refractivity contribution in [1.29, 1.82) is 0 Å². The largest absolute Gasteiger partial charge is 0.481 e. The Kier molecular flexibility index (Phi) is 7.62. The number of aliphatic hydroxyl groups is 1. The summed E-state index contributed by atoms with van der Waals surface area (Å²) in [5, 5.41) is 20.3. The normalized spacial score (nSPS) is 30.7. The molecule has 190 valence electrons. The number of benzene rings is 1. The van der Waals surface area contributed by atoms with Crippen molar-refractivity contribution < 1.29 is 24.6 Å². The number of carboxylic acid groups (broad SMARTS) is 1. The summed E-state index contributed by atoms with van der Waals surface area (Å²) in [4.78, 5) is 44.0. The van der Waals surface area contributed by atoms with E-state index >= 15 is 0 Å². The van der Waals surface area contributed by atoms with Crippen LogP contribution in [0, 0.1) is 11.8 Å². The topological polar surface area (TPSA) is 98.2 Å². The molecule has 3 unspecified atom stereocenters. The Balaban J connectivity index is 1.78.